The van der Waals surface area contributed by atoms with Crippen molar-refractivity contribution in [3.05, 3.63) is 29.3 Å². The van der Waals surface area contributed by atoms with Crippen molar-refractivity contribution in [2.24, 2.45) is 0 Å². The van der Waals surface area contributed by atoms with Crippen molar-refractivity contribution in [2.45, 2.75) is 18.4 Å². The molecule has 2 heterocycles. The summed E-state index contributed by atoms with van der Waals surface area (Å²) in [6.45, 7) is 2.29. The molecule has 0 bridgehead atoms. The minimum Gasteiger partial charge on any atom is -0.381 e. The maximum absolute atomic E-state index is 6.00. The van der Waals surface area contributed by atoms with Gasteiger partial charge in [-0.3, -0.25) is 0 Å². The van der Waals surface area contributed by atoms with Crippen LogP contribution in [0, 0.1) is 0 Å². The van der Waals surface area contributed by atoms with Crippen LogP contribution < -0.4 is 5.32 Å². The lowest BCUT2D eigenvalue weighted by Gasteiger charge is -2.42. The van der Waals surface area contributed by atoms with Crippen molar-refractivity contribution in [3.8, 4) is 11.4 Å². The van der Waals surface area contributed by atoms with Crippen LogP contribution in [0.4, 0.5) is 6.01 Å². The van der Waals surface area contributed by atoms with Crippen molar-refractivity contribution in [1.82, 2.24) is 15.0 Å². The van der Waals surface area contributed by atoms with Gasteiger partial charge in [0.05, 0.1) is 0 Å². The second-order valence-electron chi connectivity index (χ2n) is 6.02. The lowest BCUT2D eigenvalue weighted by atomic mass is 9.88. The third kappa shape index (κ3) is 3.65. The first kappa shape index (κ1) is 16.2. The number of rotatable bonds is 5. The van der Waals surface area contributed by atoms with E-state index in [9.17, 15) is 0 Å². The van der Waals surface area contributed by atoms with Crippen molar-refractivity contribution in [3.63, 3.8) is 0 Å². The van der Waals surface area contributed by atoms with E-state index < -0.39 is 0 Å². The highest BCUT2D eigenvalue weighted by Crippen LogP contribution is 2.27. The zero-order valence-corrected chi connectivity index (χ0v) is 14.1. The molecule has 0 atom stereocenters. The van der Waals surface area contributed by atoms with Crippen molar-refractivity contribution >= 4 is 17.6 Å². The summed E-state index contributed by atoms with van der Waals surface area (Å²) in [5.41, 5.74) is 0.880. The molecule has 6 nitrogen and oxygen atoms in total. The highest BCUT2D eigenvalue weighted by Gasteiger charge is 2.35. The minimum absolute atomic E-state index is 0.0446. The Morgan fingerprint density at radius 2 is 2.09 bits per heavy atom. The number of hydrogen-bond donors (Lipinski definition) is 1. The van der Waals surface area contributed by atoms with E-state index in [1.807, 2.05) is 24.3 Å². The van der Waals surface area contributed by atoms with Crippen LogP contribution in [0.5, 0.6) is 0 Å². The maximum atomic E-state index is 6.00. The van der Waals surface area contributed by atoms with Gasteiger partial charge in [-0.1, -0.05) is 28.9 Å². The largest absolute Gasteiger partial charge is 0.381 e. The highest BCUT2D eigenvalue weighted by atomic mass is 35.5. The van der Waals surface area contributed by atoms with E-state index in [0.717, 1.165) is 38.2 Å². The van der Waals surface area contributed by atoms with Gasteiger partial charge in [-0.2, -0.15) is 4.98 Å². The van der Waals surface area contributed by atoms with Crippen molar-refractivity contribution < 1.29 is 9.26 Å². The molecule has 1 aliphatic rings. The van der Waals surface area contributed by atoms with E-state index >= 15 is 0 Å². The normalized spacial score (nSPS) is 17.4. The van der Waals surface area contributed by atoms with Crippen LogP contribution in [0.1, 0.15) is 12.8 Å². The fourth-order valence-corrected chi connectivity index (χ4v) is 3.00. The SMILES string of the molecule is CN(C)C1(CNc2nc(-c3cccc(Cl)c3)no2)CCOCC1. The number of aromatic nitrogens is 2. The van der Waals surface area contributed by atoms with Gasteiger partial charge in [-0.15, -0.1) is 0 Å². The van der Waals surface area contributed by atoms with Crippen molar-refractivity contribution in [2.75, 3.05) is 39.2 Å². The van der Waals surface area contributed by atoms with Gasteiger partial charge in [-0.05, 0) is 39.1 Å². The van der Waals surface area contributed by atoms with E-state index in [0.29, 0.717) is 16.9 Å². The maximum Gasteiger partial charge on any atom is 0.321 e. The summed E-state index contributed by atoms with van der Waals surface area (Å²) in [5.74, 6) is 0.529. The molecule has 1 aromatic heterocycles. The Labute approximate surface area is 140 Å². The number of nitrogens with one attached hydrogen (secondary N) is 1. The summed E-state index contributed by atoms with van der Waals surface area (Å²) >= 11 is 6.00. The van der Waals surface area contributed by atoms with Gasteiger partial charge >= 0.3 is 6.01 Å². The fourth-order valence-electron chi connectivity index (χ4n) is 2.81. The second kappa shape index (κ2) is 6.86. The molecule has 0 aliphatic carbocycles. The number of hydrogen-bond acceptors (Lipinski definition) is 6. The van der Waals surface area contributed by atoms with Gasteiger partial charge in [0.25, 0.3) is 0 Å². The molecule has 0 radical (unpaired) electrons. The topological polar surface area (TPSA) is 63.4 Å². The molecule has 1 aromatic carbocycles. The molecule has 1 saturated heterocycles. The van der Waals surface area contributed by atoms with Gasteiger partial charge in [0.15, 0.2) is 0 Å². The molecular formula is C16H21ClN4O2. The number of nitrogens with zero attached hydrogens (tertiary/aromatic N) is 3. The van der Waals surface area contributed by atoms with Crippen LogP contribution in [0.2, 0.25) is 5.02 Å². The van der Waals surface area contributed by atoms with Gasteiger partial charge in [0.1, 0.15) is 0 Å². The predicted octanol–water partition coefficient (Wildman–Crippen LogP) is 2.91. The van der Waals surface area contributed by atoms with Crippen LogP contribution in [-0.4, -0.2) is 54.4 Å². The number of benzene rings is 1. The van der Waals surface area contributed by atoms with E-state index in [4.69, 9.17) is 20.9 Å². The van der Waals surface area contributed by atoms with Crippen LogP contribution in [0.25, 0.3) is 11.4 Å². The lowest BCUT2D eigenvalue weighted by Crippen LogP contribution is -2.53. The lowest BCUT2D eigenvalue weighted by molar-refractivity contribution is -0.000893. The molecule has 1 N–H and O–H groups in total. The van der Waals surface area contributed by atoms with Gasteiger partial charge < -0.3 is 19.5 Å². The molecule has 1 aliphatic heterocycles. The molecule has 1 fully saturated rings. The number of anilines is 1. The Morgan fingerprint density at radius 1 is 1.30 bits per heavy atom. The standard InChI is InChI=1S/C16H21ClN4O2/c1-21(2)16(6-8-22-9-7-16)11-18-15-19-14(20-23-15)12-4-3-5-13(17)10-12/h3-5,10H,6-9,11H2,1-2H3,(H,18,19,20). The average Bonchev–Trinajstić information content (AvgIpc) is 3.03. The van der Waals surface area contributed by atoms with E-state index in [1.165, 1.54) is 0 Å². The third-order valence-electron chi connectivity index (χ3n) is 4.45. The summed E-state index contributed by atoms with van der Waals surface area (Å²) in [6.07, 6.45) is 1.95. The molecule has 0 spiro atoms. The third-order valence-corrected chi connectivity index (χ3v) is 4.68. The minimum atomic E-state index is 0.0446. The number of ether oxygens (including phenoxy) is 1. The van der Waals surface area contributed by atoms with E-state index in [2.05, 4.69) is 34.5 Å². The van der Waals surface area contributed by atoms with E-state index in [-0.39, 0.29) is 5.54 Å². The first-order chi connectivity index (χ1) is 11.1. The molecule has 7 heteroatoms. The highest BCUT2D eigenvalue weighted by molar-refractivity contribution is 6.30. The van der Waals surface area contributed by atoms with Crippen molar-refractivity contribution in [1.29, 1.82) is 0 Å². The summed E-state index contributed by atoms with van der Waals surface area (Å²) in [5, 5.41) is 7.93. The molecule has 2 aromatic rings. The Balaban J connectivity index is 1.69. The molecule has 0 saturated carbocycles. The molecule has 0 amide bonds. The zero-order valence-electron chi connectivity index (χ0n) is 13.4. The Kier molecular flexibility index (Phi) is 4.84. The molecular weight excluding hydrogens is 316 g/mol. The monoisotopic (exact) mass is 336 g/mol. The summed E-state index contributed by atoms with van der Waals surface area (Å²) in [4.78, 5) is 6.65. The van der Waals surface area contributed by atoms with Crippen LogP contribution in [-0.2, 0) is 4.74 Å². The summed E-state index contributed by atoms with van der Waals surface area (Å²) in [7, 11) is 4.19. The fraction of sp³-hybridized carbons (Fsp3) is 0.500. The van der Waals surface area contributed by atoms with Gasteiger partial charge in [0.2, 0.25) is 5.82 Å². The van der Waals surface area contributed by atoms with Gasteiger partial charge in [-0.25, -0.2) is 0 Å². The zero-order chi connectivity index (χ0) is 16.3. The smallest absolute Gasteiger partial charge is 0.321 e. The summed E-state index contributed by atoms with van der Waals surface area (Å²) < 4.78 is 10.8. The quantitative estimate of drug-likeness (QED) is 0.905. The molecule has 23 heavy (non-hydrogen) atoms. The Bertz CT molecular complexity index is 653. The van der Waals surface area contributed by atoms with Gasteiger partial charge in [0, 0.05) is 35.9 Å². The van der Waals surface area contributed by atoms with E-state index in [1.54, 1.807) is 0 Å². The molecule has 124 valence electrons. The van der Waals surface area contributed by atoms with Crippen LogP contribution in [0.3, 0.4) is 0 Å². The van der Waals surface area contributed by atoms with Crippen LogP contribution in [0.15, 0.2) is 28.8 Å². The Morgan fingerprint density at radius 3 is 2.78 bits per heavy atom. The number of likely N-dealkylation sites (N-methyl/N-ethyl adjacent to an activating group) is 1. The first-order valence-electron chi connectivity index (χ1n) is 7.68. The average molecular weight is 337 g/mol. The second-order valence-corrected chi connectivity index (χ2v) is 6.45. The van der Waals surface area contributed by atoms with Crippen LogP contribution >= 0.6 is 11.6 Å². The summed E-state index contributed by atoms with van der Waals surface area (Å²) in [6, 6.07) is 7.82. The molecule has 3 rings (SSSR count). The Hall–Kier alpha value is -1.63. The number of halogens is 1. The molecule has 0 unspecified atom stereocenters. The first-order valence-corrected chi connectivity index (χ1v) is 8.06. The predicted molar refractivity (Wildman–Crippen MR) is 89.7 cm³/mol.